The van der Waals surface area contributed by atoms with E-state index >= 15 is 0 Å². The van der Waals surface area contributed by atoms with Crippen molar-refractivity contribution in [3.8, 4) is 11.5 Å². The average Bonchev–Trinajstić information content (AvgIpc) is 3.01. The largest absolute Gasteiger partial charge is 0.454 e. The summed E-state index contributed by atoms with van der Waals surface area (Å²) in [5.41, 5.74) is -0.0202. The number of fused-ring (bicyclic) bond motifs is 1. The number of nitro benzene ring substituents is 1. The SMILES string of the molecule is O=C(/C=C/c1cc2c(cc1[N+](=O)[O-])OCO2)O[C@@H]1CCCCC1=O. The molecule has 1 saturated carbocycles. The summed E-state index contributed by atoms with van der Waals surface area (Å²) in [6.07, 6.45) is 4.20. The van der Waals surface area contributed by atoms with Crippen LogP contribution in [0.5, 0.6) is 11.5 Å². The van der Waals surface area contributed by atoms with Gasteiger partial charge in [0, 0.05) is 12.5 Å². The topological polar surface area (TPSA) is 105 Å². The van der Waals surface area contributed by atoms with Gasteiger partial charge in [0.1, 0.15) is 0 Å². The number of benzene rings is 1. The average molecular weight is 333 g/mol. The van der Waals surface area contributed by atoms with Crippen molar-refractivity contribution >= 4 is 23.5 Å². The minimum atomic E-state index is -0.720. The molecule has 1 aliphatic heterocycles. The zero-order valence-corrected chi connectivity index (χ0v) is 12.7. The van der Waals surface area contributed by atoms with E-state index in [2.05, 4.69) is 0 Å². The molecule has 0 aromatic heterocycles. The van der Waals surface area contributed by atoms with Gasteiger partial charge in [-0.3, -0.25) is 14.9 Å². The van der Waals surface area contributed by atoms with Crippen LogP contribution in [0.1, 0.15) is 31.2 Å². The first-order valence-electron chi connectivity index (χ1n) is 7.54. The van der Waals surface area contributed by atoms with Gasteiger partial charge in [-0.25, -0.2) is 4.79 Å². The number of ketones is 1. The van der Waals surface area contributed by atoms with E-state index in [9.17, 15) is 19.7 Å². The summed E-state index contributed by atoms with van der Waals surface area (Å²) in [5, 5.41) is 11.1. The van der Waals surface area contributed by atoms with Gasteiger partial charge in [-0.05, 0) is 31.4 Å². The van der Waals surface area contributed by atoms with Crippen molar-refractivity contribution in [2.45, 2.75) is 31.8 Å². The van der Waals surface area contributed by atoms with E-state index in [0.29, 0.717) is 18.6 Å². The third-order valence-electron chi connectivity index (χ3n) is 3.87. The molecule has 1 aliphatic carbocycles. The van der Waals surface area contributed by atoms with Crippen LogP contribution in [0.4, 0.5) is 5.69 Å². The molecular formula is C16H15NO7. The van der Waals surface area contributed by atoms with Gasteiger partial charge < -0.3 is 14.2 Å². The molecule has 8 nitrogen and oxygen atoms in total. The van der Waals surface area contributed by atoms with Crippen LogP contribution >= 0.6 is 0 Å². The molecule has 1 fully saturated rings. The van der Waals surface area contributed by atoms with Gasteiger partial charge in [0.15, 0.2) is 23.4 Å². The zero-order valence-electron chi connectivity index (χ0n) is 12.7. The predicted molar refractivity (Wildman–Crippen MR) is 81.6 cm³/mol. The summed E-state index contributed by atoms with van der Waals surface area (Å²) in [6, 6.07) is 2.67. The Morgan fingerprint density at radius 3 is 2.75 bits per heavy atom. The smallest absolute Gasteiger partial charge is 0.331 e. The van der Waals surface area contributed by atoms with Crippen molar-refractivity contribution in [2.75, 3.05) is 6.79 Å². The van der Waals surface area contributed by atoms with Crippen molar-refractivity contribution in [1.82, 2.24) is 0 Å². The van der Waals surface area contributed by atoms with Crippen LogP contribution in [0.2, 0.25) is 0 Å². The molecule has 0 N–H and O–H groups in total. The van der Waals surface area contributed by atoms with Gasteiger partial charge in [0.25, 0.3) is 5.69 Å². The van der Waals surface area contributed by atoms with Crippen LogP contribution in [0.15, 0.2) is 18.2 Å². The van der Waals surface area contributed by atoms with Crippen LogP contribution < -0.4 is 9.47 Å². The minimum Gasteiger partial charge on any atom is -0.454 e. The molecule has 8 heteroatoms. The summed E-state index contributed by atoms with van der Waals surface area (Å²) in [4.78, 5) is 34.1. The maximum absolute atomic E-state index is 11.9. The first-order chi connectivity index (χ1) is 11.5. The van der Waals surface area contributed by atoms with Crippen molar-refractivity contribution in [2.24, 2.45) is 0 Å². The van der Waals surface area contributed by atoms with E-state index < -0.39 is 17.0 Å². The number of nitro groups is 1. The Kier molecular flexibility index (Phi) is 4.45. The lowest BCUT2D eigenvalue weighted by Gasteiger charge is -2.19. The van der Waals surface area contributed by atoms with Crippen LogP contribution in [0, 0.1) is 10.1 Å². The molecule has 1 atom stereocenters. The van der Waals surface area contributed by atoms with Crippen LogP contribution in [-0.4, -0.2) is 29.6 Å². The van der Waals surface area contributed by atoms with Crippen LogP contribution in [-0.2, 0) is 14.3 Å². The van der Waals surface area contributed by atoms with Gasteiger partial charge in [0.2, 0.25) is 6.79 Å². The second-order valence-corrected chi connectivity index (χ2v) is 5.49. The predicted octanol–water partition coefficient (Wildman–Crippen LogP) is 2.39. The normalized spacial score (nSPS) is 19.5. The van der Waals surface area contributed by atoms with E-state index in [0.717, 1.165) is 18.9 Å². The summed E-state index contributed by atoms with van der Waals surface area (Å²) in [6.45, 7) is -0.00844. The van der Waals surface area contributed by atoms with Crippen molar-refractivity contribution in [3.05, 3.63) is 33.9 Å². The summed E-state index contributed by atoms with van der Waals surface area (Å²) in [7, 11) is 0. The Balaban J connectivity index is 1.75. The standard InChI is InChI=1S/C16H15NO7/c18-12-3-1-2-4-13(12)24-16(19)6-5-10-7-14-15(23-9-22-14)8-11(10)17(20)21/h5-8,13H,1-4,9H2/b6-5+/t13-/m1/s1. The molecule has 1 aromatic rings. The van der Waals surface area contributed by atoms with Gasteiger partial charge >= 0.3 is 5.97 Å². The fourth-order valence-corrected chi connectivity index (χ4v) is 2.65. The van der Waals surface area contributed by atoms with Gasteiger partial charge in [-0.15, -0.1) is 0 Å². The quantitative estimate of drug-likeness (QED) is 0.360. The fraction of sp³-hybridized carbons (Fsp3) is 0.375. The van der Waals surface area contributed by atoms with E-state index in [1.807, 2.05) is 0 Å². The highest BCUT2D eigenvalue weighted by Crippen LogP contribution is 2.38. The number of carbonyl (C=O) groups is 2. The minimum absolute atomic E-state index is 0.00844. The Hall–Kier alpha value is -2.90. The molecule has 0 saturated heterocycles. The van der Waals surface area contributed by atoms with Crippen LogP contribution in [0.3, 0.4) is 0 Å². The monoisotopic (exact) mass is 333 g/mol. The number of hydrogen-bond donors (Lipinski definition) is 0. The maximum Gasteiger partial charge on any atom is 0.331 e. The third kappa shape index (κ3) is 3.37. The van der Waals surface area contributed by atoms with Gasteiger partial charge in [0.05, 0.1) is 16.6 Å². The van der Waals surface area contributed by atoms with Crippen LogP contribution in [0.25, 0.3) is 6.08 Å². The number of esters is 1. The molecule has 0 radical (unpaired) electrons. The lowest BCUT2D eigenvalue weighted by molar-refractivity contribution is -0.385. The summed E-state index contributed by atoms with van der Waals surface area (Å²) >= 11 is 0. The first kappa shape index (κ1) is 16.0. The molecule has 1 heterocycles. The zero-order chi connectivity index (χ0) is 17.1. The second-order valence-electron chi connectivity index (χ2n) is 5.49. The number of rotatable bonds is 4. The molecule has 2 aliphatic rings. The Bertz CT molecular complexity index is 725. The number of Topliss-reactive ketones (excluding diaryl/α,β-unsaturated/α-hetero) is 1. The van der Waals surface area contributed by atoms with Crippen molar-refractivity contribution < 1.29 is 28.7 Å². The Labute approximate surface area is 137 Å². The second kappa shape index (κ2) is 6.69. The van der Waals surface area contributed by atoms with Crippen molar-refractivity contribution in [3.63, 3.8) is 0 Å². The third-order valence-corrected chi connectivity index (χ3v) is 3.87. The molecule has 0 unspecified atom stereocenters. The first-order valence-corrected chi connectivity index (χ1v) is 7.54. The van der Waals surface area contributed by atoms with Gasteiger partial charge in [-0.1, -0.05) is 0 Å². The molecular weight excluding hydrogens is 318 g/mol. The maximum atomic E-state index is 11.9. The number of nitrogens with zero attached hydrogens (tertiary/aromatic N) is 1. The van der Waals surface area contributed by atoms with E-state index in [1.54, 1.807) is 0 Å². The molecule has 1 aromatic carbocycles. The Morgan fingerprint density at radius 1 is 1.29 bits per heavy atom. The number of hydrogen-bond acceptors (Lipinski definition) is 7. The highest BCUT2D eigenvalue weighted by atomic mass is 16.7. The number of carbonyl (C=O) groups excluding carboxylic acids is 2. The van der Waals surface area contributed by atoms with Gasteiger partial charge in [-0.2, -0.15) is 0 Å². The molecule has 0 spiro atoms. The highest BCUT2D eigenvalue weighted by molar-refractivity contribution is 5.92. The molecule has 0 bridgehead atoms. The van der Waals surface area contributed by atoms with Crippen molar-refractivity contribution in [1.29, 1.82) is 0 Å². The number of ether oxygens (including phenoxy) is 3. The fourth-order valence-electron chi connectivity index (χ4n) is 2.65. The highest BCUT2D eigenvalue weighted by Gasteiger charge is 2.25. The van der Waals surface area contributed by atoms with E-state index in [-0.39, 0.29) is 29.6 Å². The Morgan fingerprint density at radius 2 is 2.04 bits per heavy atom. The van der Waals surface area contributed by atoms with E-state index in [4.69, 9.17) is 14.2 Å². The molecule has 3 rings (SSSR count). The molecule has 126 valence electrons. The van der Waals surface area contributed by atoms with E-state index in [1.165, 1.54) is 18.2 Å². The summed E-state index contributed by atoms with van der Waals surface area (Å²) in [5.74, 6) is -0.135. The molecule has 24 heavy (non-hydrogen) atoms. The summed E-state index contributed by atoms with van der Waals surface area (Å²) < 4.78 is 15.4. The lowest BCUT2D eigenvalue weighted by atomic mass is 9.96. The molecule has 0 amide bonds. The lowest BCUT2D eigenvalue weighted by Crippen LogP contribution is -2.29.